The summed E-state index contributed by atoms with van der Waals surface area (Å²) in [5.74, 6) is -0.321. The van der Waals surface area contributed by atoms with Gasteiger partial charge < -0.3 is 4.74 Å². The molecule has 0 aliphatic rings. The van der Waals surface area contributed by atoms with Crippen molar-refractivity contribution in [3.63, 3.8) is 0 Å². The molecule has 0 N–H and O–H groups in total. The van der Waals surface area contributed by atoms with E-state index < -0.39 is 5.60 Å². The highest BCUT2D eigenvalue weighted by Gasteiger charge is 2.17. The first-order valence-electron chi connectivity index (χ1n) is 5.17. The van der Waals surface area contributed by atoms with Gasteiger partial charge in [0.1, 0.15) is 5.60 Å². The average Bonchev–Trinajstić information content (AvgIpc) is 2.64. The van der Waals surface area contributed by atoms with Crippen molar-refractivity contribution in [1.82, 2.24) is 0 Å². The molecule has 0 unspecified atom stereocenters. The van der Waals surface area contributed by atoms with Gasteiger partial charge in [0.15, 0.2) is 5.78 Å². The predicted molar refractivity (Wildman–Crippen MR) is 63.7 cm³/mol. The van der Waals surface area contributed by atoms with Crippen LogP contribution in [0.4, 0.5) is 0 Å². The number of Topliss-reactive ketones (excluding diaryl/α,β-unsaturated/α-hetero) is 1. The second kappa shape index (κ2) is 5.25. The van der Waals surface area contributed by atoms with E-state index in [9.17, 15) is 9.59 Å². The van der Waals surface area contributed by atoms with Gasteiger partial charge in [0.05, 0.1) is 11.3 Å². The number of esters is 1. The first-order valence-corrected chi connectivity index (χ1v) is 6.05. The van der Waals surface area contributed by atoms with E-state index in [1.807, 2.05) is 32.2 Å². The standard InChI is InChI=1S/C12H16O3S/c1-12(2,3)15-11(14)7-6-9(13)10-5-4-8-16-10/h4-5,8H,6-7H2,1-3H3. The Hall–Kier alpha value is -1.16. The average molecular weight is 240 g/mol. The molecule has 0 spiro atoms. The molecule has 0 radical (unpaired) electrons. The van der Waals surface area contributed by atoms with Crippen LogP contribution in [0.3, 0.4) is 0 Å². The van der Waals surface area contributed by atoms with Crippen LogP contribution in [0.2, 0.25) is 0 Å². The van der Waals surface area contributed by atoms with Crippen LogP contribution in [0.15, 0.2) is 17.5 Å². The number of carbonyl (C=O) groups is 2. The van der Waals surface area contributed by atoms with E-state index in [1.165, 1.54) is 11.3 Å². The number of ether oxygens (including phenoxy) is 1. The Morgan fingerprint density at radius 2 is 2.00 bits per heavy atom. The molecule has 0 amide bonds. The molecule has 0 saturated heterocycles. The highest BCUT2D eigenvalue weighted by molar-refractivity contribution is 7.12. The second-order valence-corrected chi connectivity index (χ2v) is 5.43. The molecule has 4 heteroatoms. The van der Waals surface area contributed by atoms with Gasteiger partial charge in [-0.05, 0) is 32.2 Å². The molecule has 1 aromatic heterocycles. The highest BCUT2D eigenvalue weighted by Crippen LogP contribution is 2.14. The lowest BCUT2D eigenvalue weighted by atomic mass is 10.1. The van der Waals surface area contributed by atoms with Crippen LogP contribution in [0.25, 0.3) is 0 Å². The third-order valence-electron chi connectivity index (χ3n) is 1.77. The van der Waals surface area contributed by atoms with Crippen molar-refractivity contribution >= 4 is 23.1 Å². The molecule has 0 bridgehead atoms. The summed E-state index contributed by atoms with van der Waals surface area (Å²) in [6.07, 6.45) is 0.365. The fourth-order valence-corrected chi connectivity index (χ4v) is 1.86. The molecule has 0 aliphatic carbocycles. The van der Waals surface area contributed by atoms with Crippen molar-refractivity contribution in [2.45, 2.75) is 39.2 Å². The van der Waals surface area contributed by atoms with Gasteiger partial charge in [-0.15, -0.1) is 11.3 Å². The summed E-state index contributed by atoms with van der Waals surface area (Å²) >= 11 is 1.39. The van der Waals surface area contributed by atoms with E-state index >= 15 is 0 Å². The number of hydrogen-bond acceptors (Lipinski definition) is 4. The van der Waals surface area contributed by atoms with Crippen LogP contribution < -0.4 is 0 Å². The predicted octanol–water partition coefficient (Wildman–Crippen LogP) is 3.05. The molecule has 1 rings (SSSR count). The van der Waals surface area contributed by atoms with Gasteiger partial charge in [0, 0.05) is 6.42 Å². The summed E-state index contributed by atoms with van der Waals surface area (Å²) < 4.78 is 5.12. The van der Waals surface area contributed by atoms with Crippen LogP contribution in [-0.4, -0.2) is 17.4 Å². The molecule has 0 fully saturated rings. The zero-order valence-electron chi connectivity index (χ0n) is 9.78. The first kappa shape index (κ1) is 12.9. The fourth-order valence-electron chi connectivity index (χ4n) is 1.17. The molecular weight excluding hydrogens is 224 g/mol. The molecular formula is C12H16O3S. The largest absolute Gasteiger partial charge is 0.460 e. The number of thiophene rings is 1. The third-order valence-corrected chi connectivity index (χ3v) is 2.68. The minimum absolute atomic E-state index is 0.000796. The zero-order valence-corrected chi connectivity index (χ0v) is 10.6. The number of rotatable bonds is 4. The summed E-state index contributed by atoms with van der Waals surface area (Å²) in [6, 6.07) is 3.59. The van der Waals surface area contributed by atoms with Crippen LogP contribution in [0.1, 0.15) is 43.3 Å². The van der Waals surface area contributed by atoms with E-state index in [0.717, 1.165) is 0 Å². The Morgan fingerprint density at radius 3 is 2.50 bits per heavy atom. The topological polar surface area (TPSA) is 43.4 Å². The minimum Gasteiger partial charge on any atom is -0.460 e. The van der Waals surface area contributed by atoms with Gasteiger partial charge in [-0.25, -0.2) is 0 Å². The molecule has 1 heterocycles. The van der Waals surface area contributed by atoms with Crippen LogP contribution >= 0.6 is 11.3 Å². The smallest absolute Gasteiger partial charge is 0.306 e. The Morgan fingerprint density at radius 1 is 1.31 bits per heavy atom. The van der Waals surface area contributed by atoms with E-state index in [2.05, 4.69) is 0 Å². The summed E-state index contributed by atoms with van der Waals surface area (Å²) in [5.41, 5.74) is -0.483. The van der Waals surface area contributed by atoms with Gasteiger partial charge in [0.25, 0.3) is 0 Å². The van der Waals surface area contributed by atoms with E-state index in [0.29, 0.717) is 4.88 Å². The molecule has 0 aromatic carbocycles. The van der Waals surface area contributed by atoms with Gasteiger partial charge in [-0.2, -0.15) is 0 Å². The maximum Gasteiger partial charge on any atom is 0.306 e. The van der Waals surface area contributed by atoms with Gasteiger partial charge in [-0.3, -0.25) is 9.59 Å². The van der Waals surface area contributed by atoms with E-state index in [4.69, 9.17) is 4.74 Å². The summed E-state index contributed by atoms with van der Waals surface area (Å²) in [4.78, 5) is 23.6. The molecule has 1 aromatic rings. The highest BCUT2D eigenvalue weighted by atomic mass is 32.1. The van der Waals surface area contributed by atoms with Gasteiger partial charge in [0.2, 0.25) is 0 Å². The Balaban J connectivity index is 2.35. The number of hydrogen-bond donors (Lipinski definition) is 0. The fraction of sp³-hybridized carbons (Fsp3) is 0.500. The Labute approximate surface area is 99.4 Å². The van der Waals surface area contributed by atoms with E-state index in [1.54, 1.807) is 6.07 Å². The zero-order chi connectivity index (χ0) is 12.2. The molecule has 0 atom stereocenters. The normalized spacial score (nSPS) is 11.2. The monoisotopic (exact) mass is 240 g/mol. The second-order valence-electron chi connectivity index (χ2n) is 4.49. The van der Waals surface area contributed by atoms with Crippen LogP contribution in [0, 0.1) is 0 Å². The van der Waals surface area contributed by atoms with Gasteiger partial charge >= 0.3 is 5.97 Å². The molecule has 0 saturated carbocycles. The molecule has 88 valence electrons. The molecule has 3 nitrogen and oxygen atoms in total. The maximum atomic E-state index is 11.6. The van der Waals surface area contributed by atoms with Crippen LogP contribution in [0.5, 0.6) is 0 Å². The van der Waals surface area contributed by atoms with Crippen LogP contribution in [-0.2, 0) is 9.53 Å². The number of carbonyl (C=O) groups excluding carboxylic acids is 2. The summed E-state index contributed by atoms with van der Waals surface area (Å²) in [6.45, 7) is 5.43. The lowest BCUT2D eigenvalue weighted by Gasteiger charge is -2.19. The molecule has 0 aliphatic heterocycles. The Bertz CT molecular complexity index is 360. The van der Waals surface area contributed by atoms with Crippen molar-refractivity contribution in [2.24, 2.45) is 0 Å². The van der Waals surface area contributed by atoms with Crippen molar-refractivity contribution in [2.75, 3.05) is 0 Å². The van der Waals surface area contributed by atoms with Crippen molar-refractivity contribution < 1.29 is 14.3 Å². The summed E-state index contributed by atoms with van der Waals surface area (Å²) in [5, 5.41) is 1.85. The number of ketones is 1. The van der Waals surface area contributed by atoms with Crippen molar-refractivity contribution in [1.29, 1.82) is 0 Å². The molecule has 16 heavy (non-hydrogen) atoms. The lowest BCUT2D eigenvalue weighted by Crippen LogP contribution is -2.24. The SMILES string of the molecule is CC(C)(C)OC(=O)CCC(=O)c1cccs1. The van der Waals surface area contributed by atoms with Gasteiger partial charge in [-0.1, -0.05) is 6.07 Å². The maximum absolute atomic E-state index is 11.6. The van der Waals surface area contributed by atoms with Crippen molar-refractivity contribution in [3.05, 3.63) is 22.4 Å². The third kappa shape index (κ3) is 4.57. The van der Waals surface area contributed by atoms with E-state index in [-0.39, 0.29) is 24.6 Å². The quantitative estimate of drug-likeness (QED) is 0.600. The Kier molecular flexibility index (Phi) is 4.24. The van der Waals surface area contributed by atoms with Crippen molar-refractivity contribution in [3.8, 4) is 0 Å². The lowest BCUT2D eigenvalue weighted by molar-refractivity contribution is -0.154. The first-order chi connectivity index (χ1) is 7.38. The minimum atomic E-state index is -0.483. The summed E-state index contributed by atoms with van der Waals surface area (Å²) in [7, 11) is 0.